The number of carbonyl (C=O) groups is 1. The van der Waals surface area contributed by atoms with Crippen molar-refractivity contribution >= 4 is 36.8 Å². The largest absolute Gasteiger partial charge is 0.450 e. The smallest absolute Gasteiger partial charge is 0.407 e. The Kier molecular flexibility index (Phi) is 11.6. The molecule has 0 aliphatic rings. The van der Waals surface area contributed by atoms with Gasteiger partial charge in [-0.15, -0.1) is 0 Å². The van der Waals surface area contributed by atoms with Crippen LogP contribution in [0.2, 0.25) is 25.7 Å². The number of carbonyl (C=O) groups excluding carboxylic acids is 1. The van der Waals surface area contributed by atoms with Gasteiger partial charge in [0.15, 0.2) is 0 Å². The van der Waals surface area contributed by atoms with E-state index in [1.165, 1.54) is 0 Å². The van der Waals surface area contributed by atoms with Crippen LogP contribution in [0, 0.1) is 5.92 Å². The Labute approximate surface area is 161 Å². The van der Waals surface area contributed by atoms with E-state index >= 15 is 0 Å². The molecule has 0 aliphatic carbocycles. The first-order valence-electron chi connectivity index (χ1n) is 8.26. The molecule has 0 saturated carbocycles. The molecule has 2 atom stereocenters. The Bertz CT molecular complexity index is 481. The molecule has 24 heavy (non-hydrogen) atoms. The van der Waals surface area contributed by atoms with Crippen molar-refractivity contribution in [3.63, 3.8) is 0 Å². The van der Waals surface area contributed by atoms with Gasteiger partial charge in [0.1, 0.15) is 0 Å². The number of aliphatic hydroxyl groups excluding tert-OH is 1. The Balaban J connectivity index is 4.31. The van der Waals surface area contributed by atoms with E-state index in [9.17, 15) is 9.90 Å². The minimum Gasteiger partial charge on any atom is -0.450 e. The van der Waals surface area contributed by atoms with Crippen LogP contribution in [0.3, 0.4) is 0 Å². The van der Waals surface area contributed by atoms with Crippen LogP contribution >= 0.6 is 22.6 Å². The highest BCUT2D eigenvalue weighted by molar-refractivity contribution is 14.1. The molecule has 0 aliphatic heterocycles. The van der Waals surface area contributed by atoms with Crippen molar-refractivity contribution in [2.24, 2.45) is 5.92 Å². The maximum Gasteiger partial charge on any atom is 0.407 e. The molecule has 138 valence electrons. The molecular formula is C18H32INO3Si. The zero-order valence-electron chi connectivity index (χ0n) is 15.7. The van der Waals surface area contributed by atoms with Crippen LogP contribution in [-0.2, 0) is 4.74 Å². The van der Waals surface area contributed by atoms with Crippen molar-refractivity contribution in [3.05, 3.63) is 33.5 Å². The molecule has 0 heterocycles. The highest BCUT2D eigenvalue weighted by Gasteiger charge is 2.14. The molecule has 0 aromatic rings. The van der Waals surface area contributed by atoms with Crippen molar-refractivity contribution in [2.45, 2.75) is 52.6 Å². The number of alkyl carbamates (subject to hydrolysis) is 1. The summed E-state index contributed by atoms with van der Waals surface area (Å²) in [5.74, 6) is 0.0753. The van der Waals surface area contributed by atoms with Gasteiger partial charge >= 0.3 is 6.09 Å². The Morgan fingerprint density at radius 1 is 1.29 bits per heavy atom. The number of nitrogens with one attached hydrogen (secondary N) is 1. The predicted molar refractivity (Wildman–Crippen MR) is 113 cm³/mol. The maximum absolute atomic E-state index is 11.6. The summed E-state index contributed by atoms with van der Waals surface area (Å²) < 4.78 is 7.10. The van der Waals surface area contributed by atoms with Crippen LogP contribution in [0.1, 0.15) is 20.8 Å². The molecule has 0 bridgehead atoms. The zero-order valence-corrected chi connectivity index (χ0v) is 18.9. The van der Waals surface area contributed by atoms with Gasteiger partial charge in [0, 0.05) is 20.5 Å². The van der Waals surface area contributed by atoms with Gasteiger partial charge in [0.05, 0.1) is 12.7 Å². The molecule has 0 fully saturated rings. The fraction of sp³-hybridized carbons (Fsp3) is 0.611. The molecule has 6 heteroatoms. The van der Waals surface area contributed by atoms with E-state index in [1.807, 2.05) is 43.1 Å². The summed E-state index contributed by atoms with van der Waals surface area (Å²) in [6.07, 6.45) is 4.91. The standard InChI is InChI=1S/C18H32INO3Si/c1-14(7-8-15(2)17(21)16(3)9-10-19)13-20-18(22)23-11-12-24(4,5)6/h7-10,16-17,21H,11-13H2,1-6H3,(H,20,22)/b10-9+,14-7+,15-8+/t16-,17+/m0/s1. The third-order valence-electron chi connectivity index (χ3n) is 3.57. The van der Waals surface area contributed by atoms with Crippen LogP contribution in [0.4, 0.5) is 4.79 Å². The molecule has 0 unspecified atom stereocenters. The SMILES string of the molecule is C/C(=C\C=C(/C)[C@@H](O)[C@@H](C)/C=C/I)CNC(=O)OCC[Si](C)(C)C. The van der Waals surface area contributed by atoms with Crippen LogP contribution in [-0.4, -0.2) is 38.5 Å². The van der Waals surface area contributed by atoms with Gasteiger partial charge in [-0.3, -0.25) is 0 Å². The summed E-state index contributed by atoms with van der Waals surface area (Å²) in [7, 11) is -1.17. The summed E-state index contributed by atoms with van der Waals surface area (Å²) >= 11 is 2.15. The fourth-order valence-electron chi connectivity index (χ4n) is 1.78. The summed E-state index contributed by atoms with van der Waals surface area (Å²) in [4.78, 5) is 11.6. The molecule has 0 spiro atoms. The van der Waals surface area contributed by atoms with Crippen molar-refractivity contribution < 1.29 is 14.6 Å². The molecule has 0 aromatic heterocycles. The quantitative estimate of drug-likeness (QED) is 0.290. The van der Waals surface area contributed by atoms with E-state index in [2.05, 4.69) is 47.5 Å². The maximum atomic E-state index is 11.6. The lowest BCUT2D eigenvalue weighted by Gasteiger charge is -2.16. The van der Waals surface area contributed by atoms with E-state index in [-0.39, 0.29) is 12.0 Å². The highest BCUT2D eigenvalue weighted by atomic mass is 127. The molecule has 1 amide bonds. The van der Waals surface area contributed by atoms with Gasteiger partial charge in [0.2, 0.25) is 0 Å². The third-order valence-corrected chi connectivity index (χ3v) is 5.69. The average Bonchev–Trinajstić information content (AvgIpc) is 2.48. The minimum absolute atomic E-state index is 0.0753. The van der Waals surface area contributed by atoms with E-state index < -0.39 is 14.2 Å². The van der Waals surface area contributed by atoms with Gasteiger partial charge in [-0.05, 0) is 29.5 Å². The van der Waals surface area contributed by atoms with Gasteiger partial charge in [-0.25, -0.2) is 4.79 Å². The zero-order chi connectivity index (χ0) is 18.8. The molecule has 4 nitrogen and oxygen atoms in total. The number of rotatable bonds is 9. The number of amides is 1. The Morgan fingerprint density at radius 2 is 1.92 bits per heavy atom. The van der Waals surface area contributed by atoms with Crippen LogP contribution in [0.5, 0.6) is 0 Å². The molecule has 0 aromatic carbocycles. The van der Waals surface area contributed by atoms with E-state index in [0.717, 1.165) is 17.2 Å². The van der Waals surface area contributed by atoms with Crippen LogP contribution in [0.15, 0.2) is 33.5 Å². The lowest BCUT2D eigenvalue weighted by molar-refractivity contribution is 0.152. The summed E-state index contributed by atoms with van der Waals surface area (Å²) in [6.45, 7) is 13.5. The third kappa shape index (κ3) is 11.9. The predicted octanol–water partition coefficient (Wildman–Crippen LogP) is 4.89. The number of allylic oxidation sites excluding steroid dienone is 2. The number of halogens is 1. The average molecular weight is 465 g/mol. The first-order chi connectivity index (χ1) is 11.1. The van der Waals surface area contributed by atoms with Crippen molar-refractivity contribution in [1.29, 1.82) is 0 Å². The summed E-state index contributed by atoms with van der Waals surface area (Å²) in [5.41, 5.74) is 1.90. The fourth-order valence-corrected chi connectivity index (χ4v) is 3.15. The lowest BCUT2D eigenvalue weighted by atomic mass is 9.98. The summed E-state index contributed by atoms with van der Waals surface area (Å²) in [6, 6.07) is 0.971. The van der Waals surface area contributed by atoms with Crippen LogP contribution in [0.25, 0.3) is 0 Å². The monoisotopic (exact) mass is 465 g/mol. The molecule has 0 rings (SSSR count). The van der Waals surface area contributed by atoms with Gasteiger partial charge in [-0.1, -0.05) is 73.0 Å². The van der Waals surface area contributed by atoms with E-state index in [1.54, 1.807) is 0 Å². The second kappa shape index (κ2) is 11.9. The number of hydrogen-bond donors (Lipinski definition) is 2. The summed E-state index contributed by atoms with van der Waals surface area (Å²) in [5, 5.41) is 12.9. The minimum atomic E-state index is -1.17. The molecule has 0 saturated heterocycles. The first-order valence-corrected chi connectivity index (χ1v) is 13.2. The number of hydrogen-bond acceptors (Lipinski definition) is 3. The van der Waals surface area contributed by atoms with Gasteiger partial charge < -0.3 is 15.2 Å². The molecule has 0 radical (unpaired) electrons. The van der Waals surface area contributed by atoms with Crippen molar-refractivity contribution in [2.75, 3.05) is 13.2 Å². The Hall–Kier alpha value is -0.603. The molecular weight excluding hydrogens is 433 g/mol. The molecule has 2 N–H and O–H groups in total. The second-order valence-electron chi connectivity index (χ2n) is 7.35. The van der Waals surface area contributed by atoms with Gasteiger partial charge in [-0.2, -0.15) is 0 Å². The highest BCUT2D eigenvalue weighted by Crippen LogP contribution is 2.14. The second-order valence-corrected chi connectivity index (χ2v) is 13.7. The Morgan fingerprint density at radius 3 is 2.46 bits per heavy atom. The van der Waals surface area contributed by atoms with E-state index in [4.69, 9.17) is 4.74 Å². The topological polar surface area (TPSA) is 58.6 Å². The van der Waals surface area contributed by atoms with Crippen molar-refractivity contribution in [3.8, 4) is 0 Å². The van der Waals surface area contributed by atoms with Crippen molar-refractivity contribution in [1.82, 2.24) is 5.32 Å². The number of aliphatic hydroxyl groups is 1. The van der Waals surface area contributed by atoms with Gasteiger partial charge in [0.25, 0.3) is 0 Å². The normalized spacial score (nSPS) is 16.2. The van der Waals surface area contributed by atoms with E-state index in [0.29, 0.717) is 13.2 Å². The van der Waals surface area contributed by atoms with Crippen LogP contribution < -0.4 is 5.32 Å². The first kappa shape index (κ1) is 23.4. The number of ether oxygens (including phenoxy) is 1. The lowest BCUT2D eigenvalue weighted by Crippen LogP contribution is -2.29.